The van der Waals surface area contributed by atoms with Crippen molar-refractivity contribution in [2.24, 2.45) is 5.73 Å². The lowest BCUT2D eigenvalue weighted by atomic mass is 10.1. The lowest BCUT2D eigenvalue weighted by molar-refractivity contribution is -0.144. The summed E-state index contributed by atoms with van der Waals surface area (Å²) in [6.07, 6.45) is 3.49. The van der Waals surface area contributed by atoms with Crippen molar-refractivity contribution in [3.05, 3.63) is 0 Å². The summed E-state index contributed by atoms with van der Waals surface area (Å²) >= 11 is 0. The van der Waals surface area contributed by atoms with Crippen molar-refractivity contribution in [3.63, 3.8) is 0 Å². The molecule has 0 aliphatic rings. The van der Waals surface area contributed by atoms with Gasteiger partial charge in [-0.3, -0.25) is 33.6 Å². The number of carbonyl (C=O) groups is 10. The Kier molecular flexibility index (Phi) is 34.6. The van der Waals surface area contributed by atoms with E-state index < -0.39 is 84.7 Å². The van der Waals surface area contributed by atoms with Crippen LogP contribution in [0.3, 0.4) is 0 Å². The molecule has 0 bridgehead atoms. The predicted octanol–water partition coefficient (Wildman–Crippen LogP) is -2.00. The number of carboxylic acid groups (broad SMARTS) is 4. The lowest BCUT2D eigenvalue weighted by Crippen LogP contribution is -2.45. The van der Waals surface area contributed by atoms with Gasteiger partial charge < -0.3 is 77.0 Å². The molecule has 372 valence electrons. The van der Waals surface area contributed by atoms with Crippen LogP contribution in [0.1, 0.15) is 96.8 Å². The van der Waals surface area contributed by atoms with Gasteiger partial charge in [-0.2, -0.15) is 0 Å². The van der Waals surface area contributed by atoms with Gasteiger partial charge in [-0.25, -0.2) is 14.4 Å². The quantitative estimate of drug-likeness (QED) is 0.0295. The second-order valence-electron chi connectivity index (χ2n) is 14.6. The number of hydrogen-bond donors (Lipinski definition) is 11. The van der Waals surface area contributed by atoms with Gasteiger partial charge in [-0.15, -0.1) is 0 Å². The Bertz CT molecular complexity index is 1490. The van der Waals surface area contributed by atoms with E-state index in [-0.39, 0.29) is 123 Å². The summed E-state index contributed by atoms with van der Waals surface area (Å²) in [5, 5.41) is 51.7. The van der Waals surface area contributed by atoms with Crippen molar-refractivity contribution in [2.75, 3.05) is 72.5 Å². The molecule has 0 aromatic carbocycles. The SMILES string of the molecule is CCCCCCC(=O)NC(CCC(=O)NCCOCCOCC(=O)NCCOCCOCC(=O)NC(CCC(=O)NC(CCC(=O)NCCCCC(N)C(=O)O)C(=O)O)C(=O)O)C(=O)O. The summed E-state index contributed by atoms with van der Waals surface area (Å²) in [5.41, 5.74) is 5.41. The molecule has 12 N–H and O–H groups in total. The van der Waals surface area contributed by atoms with Crippen molar-refractivity contribution in [1.29, 1.82) is 0 Å². The van der Waals surface area contributed by atoms with Crippen LogP contribution in [0.15, 0.2) is 0 Å². The van der Waals surface area contributed by atoms with E-state index in [4.69, 9.17) is 29.8 Å². The van der Waals surface area contributed by atoms with E-state index in [1.165, 1.54) is 0 Å². The molecule has 6 amide bonds. The summed E-state index contributed by atoms with van der Waals surface area (Å²) in [4.78, 5) is 118. The summed E-state index contributed by atoms with van der Waals surface area (Å²) < 4.78 is 21.0. The second kappa shape index (κ2) is 37.8. The Morgan fingerprint density at radius 1 is 0.415 bits per heavy atom. The number of nitrogens with one attached hydrogen (secondary N) is 6. The van der Waals surface area contributed by atoms with E-state index in [0.29, 0.717) is 19.3 Å². The standard InChI is InChI=1S/C40H69N7O18/c1-2-3-4-5-9-33(50)45-28(38(56)57)11-14-32(49)43-17-19-62-21-23-64-25-35(52)44-18-20-63-22-24-65-26-36(53)47-30(40(60)61)12-15-34(51)46-29(39(58)59)10-13-31(48)42-16-7-6-8-27(41)37(54)55/h27-30H,2-26,41H2,1H3,(H,42,48)(H,43,49)(H,44,52)(H,45,50)(H,46,51)(H,47,53)(H,54,55)(H,56,57)(H,58,59)(H,60,61). The van der Waals surface area contributed by atoms with Gasteiger partial charge in [0.15, 0.2) is 0 Å². The molecule has 0 saturated heterocycles. The highest BCUT2D eigenvalue weighted by Crippen LogP contribution is 2.06. The molecule has 0 aliphatic carbocycles. The molecule has 0 aromatic rings. The Labute approximate surface area is 377 Å². The van der Waals surface area contributed by atoms with Crippen LogP contribution in [0, 0.1) is 0 Å². The first-order valence-electron chi connectivity index (χ1n) is 21.6. The second-order valence-corrected chi connectivity index (χ2v) is 14.6. The maximum Gasteiger partial charge on any atom is 0.326 e. The zero-order valence-corrected chi connectivity index (χ0v) is 37.1. The average Bonchev–Trinajstić information content (AvgIpc) is 3.25. The normalized spacial score (nSPS) is 12.7. The zero-order valence-electron chi connectivity index (χ0n) is 37.1. The largest absolute Gasteiger partial charge is 0.480 e. The van der Waals surface area contributed by atoms with Crippen LogP contribution in [0.2, 0.25) is 0 Å². The van der Waals surface area contributed by atoms with E-state index in [1.807, 2.05) is 6.92 Å². The third kappa shape index (κ3) is 34.6. The van der Waals surface area contributed by atoms with E-state index in [2.05, 4.69) is 31.9 Å². The minimum atomic E-state index is -1.49. The first-order chi connectivity index (χ1) is 31.0. The molecule has 65 heavy (non-hydrogen) atoms. The van der Waals surface area contributed by atoms with Crippen LogP contribution in [-0.4, -0.2) is 176 Å². The number of ether oxygens (including phenoxy) is 4. The Morgan fingerprint density at radius 2 is 0.831 bits per heavy atom. The van der Waals surface area contributed by atoms with E-state index >= 15 is 0 Å². The molecule has 0 fully saturated rings. The lowest BCUT2D eigenvalue weighted by Gasteiger charge is -2.17. The molecule has 4 atom stereocenters. The van der Waals surface area contributed by atoms with E-state index in [9.17, 15) is 63.3 Å². The minimum absolute atomic E-state index is 0.0382. The smallest absolute Gasteiger partial charge is 0.326 e. The topological polar surface area (TPSA) is 387 Å². The molecule has 0 aromatic heterocycles. The van der Waals surface area contributed by atoms with Gasteiger partial charge in [0, 0.05) is 45.3 Å². The fourth-order valence-electron chi connectivity index (χ4n) is 5.44. The Balaban J connectivity index is 4.04. The third-order valence-corrected chi connectivity index (χ3v) is 9.07. The highest BCUT2D eigenvalue weighted by Gasteiger charge is 2.25. The van der Waals surface area contributed by atoms with Crippen LogP contribution < -0.4 is 37.6 Å². The highest BCUT2D eigenvalue weighted by atomic mass is 16.5. The van der Waals surface area contributed by atoms with Gasteiger partial charge >= 0.3 is 23.9 Å². The Hall–Kier alpha value is -5.50. The van der Waals surface area contributed by atoms with E-state index in [0.717, 1.165) is 19.3 Å². The number of carboxylic acids is 4. The molecule has 0 radical (unpaired) electrons. The van der Waals surface area contributed by atoms with Crippen molar-refractivity contribution in [1.82, 2.24) is 31.9 Å². The number of nitrogens with two attached hydrogens (primary N) is 1. The third-order valence-electron chi connectivity index (χ3n) is 9.07. The van der Waals surface area contributed by atoms with Gasteiger partial charge in [-0.05, 0) is 44.9 Å². The maximum atomic E-state index is 12.4. The van der Waals surface area contributed by atoms with Crippen LogP contribution in [0.5, 0.6) is 0 Å². The average molecular weight is 936 g/mol. The van der Waals surface area contributed by atoms with Crippen molar-refractivity contribution in [3.8, 4) is 0 Å². The molecule has 0 spiro atoms. The Morgan fingerprint density at radius 3 is 1.31 bits per heavy atom. The molecule has 25 heteroatoms. The highest BCUT2D eigenvalue weighted by molar-refractivity contribution is 5.87. The molecule has 25 nitrogen and oxygen atoms in total. The van der Waals surface area contributed by atoms with Gasteiger partial charge in [0.2, 0.25) is 35.4 Å². The molecule has 0 aliphatic heterocycles. The first kappa shape index (κ1) is 59.5. The van der Waals surface area contributed by atoms with Crippen molar-refractivity contribution < 1.29 is 87.3 Å². The molecule has 0 heterocycles. The number of hydrogen-bond acceptors (Lipinski definition) is 15. The number of unbranched alkanes of at least 4 members (excludes halogenated alkanes) is 4. The van der Waals surface area contributed by atoms with Crippen molar-refractivity contribution >= 4 is 59.3 Å². The number of amides is 6. The summed E-state index contributed by atoms with van der Waals surface area (Å²) in [5.74, 6) is -8.44. The summed E-state index contributed by atoms with van der Waals surface area (Å²) in [7, 11) is 0. The zero-order chi connectivity index (χ0) is 48.8. The van der Waals surface area contributed by atoms with Gasteiger partial charge in [0.05, 0.1) is 39.6 Å². The number of rotatable bonds is 42. The summed E-state index contributed by atoms with van der Waals surface area (Å²) in [6, 6.07) is -5.08. The molecular weight excluding hydrogens is 866 g/mol. The summed E-state index contributed by atoms with van der Waals surface area (Å²) in [6.45, 7) is 2.29. The molecule has 0 rings (SSSR count). The minimum Gasteiger partial charge on any atom is -0.480 e. The van der Waals surface area contributed by atoms with Gasteiger partial charge in [0.1, 0.15) is 37.4 Å². The molecular formula is C40H69N7O18. The van der Waals surface area contributed by atoms with Crippen molar-refractivity contribution in [2.45, 2.75) is 121 Å². The molecule has 4 unspecified atom stereocenters. The van der Waals surface area contributed by atoms with Crippen LogP contribution in [0.4, 0.5) is 0 Å². The van der Waals surface area contributed by atoms with Gasteiger partial charge in [0.25, 0.3) is 0 Å². The van der Waals surface area contributed by atoms with Crippen LogP contribution in [0.25, 0.3) is 0 Å². The fraction of sp³-hybridized carbons (Fsp3) is 0.750. The number of aliphatic carboxylic acids is 4. The van der Waals surface area contributed by atoms with E-state index in [1.54, 1.807) is 0 Å². The van der Waals surface area contributed by atoms with Crippen LogP contribution >= 0.6 is 0 Å². The van der Waals surface area contributed by atoms with Crippen LogP contribution in [-0.2, 0) is 66.9 Å². The van der Waals surface area contributed by atoms with Gasteiger partial charge in [-0.1, -0.05) is 26.2 Å². The molecule has 0 saturated carbocycles. The first-order valence-corrected chi connectivity index (χ1v) is 21.6. The predicted molar refractivity (Wildman–Crippen MR) is 227 cm³/mol. The maximum absolute atomic E-state index is 12.4. The number of carbonyl (C=O) groups excluding carboxylic acids is 6. The fourth-order valence-corrected chi connectivity index (χ4v) is 5.44. The monoisotopic (exact) mass is 935 g/mol.